The van der Waals surface area contributed by atoms with Crippen LogP contribution in [0.15, 0.2) is 30.3 Å². The van der Waals surface area contributed by atoms with Crippen LogP contribution in [0.4, 0.5) is 0 Å². The van der Waals surface area contributed by atoms with Gasteiger partial charge in [-0.2, -0.15) is 11.8 Å². The molecule has 0 radical (unpaired) electrons. The van der Waals surface area contributed by atoms with Gasteiger partial charge in [-0.05, 0) is 24.7 Å². The normalized spacial score (nSPS) is 26.9. The molecule has 1 aromatic carbocycles. The van der Waals surface area contributed by atoms with Crippen LogP contribution >= 0.6 is 11.8 Å². The molecule has 1 aliphatic rings. The van der Waals surface area contributed by atoms with Crippen LogP contribution in [0.2, 0.25) is 0 Å². The Kier molecular flexibility index (Phi) is 6.59. The molecule has 0 aromatic heterocycles. The number of rotatable bonds is 7. The number of thioether (sulfide) groups is 1. The molecule has 1 aliphatic heterocycles. The summed E-state index contributed by atoms with van der Waals surface area (Å²) in [5.74, 6) is 2.45. The van der Waals surface area contributed by atoms with Crippen molar-refractivity contribution in [1.82, 2.24) is 10.2 Å². The molecule has 1 fully saturated rings. The highest BCUT2D eigenvalue weighted by atomic mass is 32.2. The monoisotopic (exact) mass is 306 g/mol. The van der Waals surface area contributed by atoms with Gasteiger partial charge in [-0.25, -0.2) is 0 Å². The van der Waals surface area contributed by atoms with Crippen molar-refractivity contribution in [2.75, 3.05) is 31.1 Å². The first-order valence-corrected chi connectivity index (χ1v) is 9.48. The minimum Gasteiger partial charge on any atom is -0.311 e. The maximum absolute atomic E-state index is 3.78. The highest BCUT2D eigenvalue weighted by molar-refractivity contribution is 7.99. The number of hydrogen-bond donors (Lipinski definition) is 1. The zero-order valence-electron chi connectivity index (χ0n) is 13.8. The predicted molar refractivity (Wildman–Crippen MR) is 95.1 cm³/mol. The maximum atomic E-state index is 3.78. The smallest absolute Gasteiger partial charge is 0.0558 e. The molecule has 0 spiro atoms. The Bertz CT molecular complexity index is 409. The summed E-state index contributed by atoms with van der Waals surface area (Å²) in [5, 5.41) is 3.78. The van der Waals surface area contributed by atoms with Crippen molar-refractivity contribution >= 4 is 11.8 Å². The standard InChI is InChI=1S/C18H30N2S/c1-4-9-17-14-20(12-13-21-5-2)18(3,15-19-17)16-10-7-6-8-11-16/h6-8,10-11,17,19H,4-5,9,12-15H2,1-3H3. The Labute approximate surface area is 134 Å². The Balaban J connectivity index is 2.13. The highest BCUT2D eigenvalue weighted by Crippen LogP contribution is 2.31. The summed E-state index contributed by atoms with van der Waals surface area (Å²) in [6.45, 7) is 10.3. The van der Waals surface area contributed by atoms with Gasteiger partial charge in [-0.1, -0.05) is 50.6 Å². The summed E-state index contributed by atoms with van der Waals surface area (Å²) in [4.78, 5) is 2.71. The fourth-order valence-corrected chi connectivity index (χ4v) is 3.91. The molecule has 1 saturated heterocycles. The van der Waals surface area contributed by atoms with E-state index in [1.54, 1.807) is 0 Å². The van der Waals surface area contributed by atoms with Crippen molar-refractivity contribution < 1.29 is 0 Å². The number of nitrogens with zero attached hydrogens (tertiary/aromatic N) is 1. The van der Waals surface area contributed by atoms with Crippen LogP contribution in [-0.4, -0.2) is 42.1 Å². The molecule has 2 rings (SSSR count). The van der Waals surface area contributed by atoms with Crippen LogP contribution in [0.25, 0.3) is 0 Å². The fraction of sp³-hybridized carbons (Fsp3) is 0.667. The van der Waals surface area contributed by atoms with Crippen LogP contribution in [0.3, 0.4) is 0 Å². The molecule has 0 amide bonds. The lowest BCUT2D eigenvalue weighted by Crippen LogP contribution is -2.61. The molecule has 2 nitrogen and oxygen atoms in total. The second-order valence-electron chi connectivity index (χ2n) is 6.15. The molecule has 0 aliphatic carbocycles. The second-order valence-corrected chi connectivity index (χ2v) is 7.54. The lowest BCUT2D eigenvalue weighted by atomic mass is 9.86. The van der Waals surface area contributed by atoms with Crippen LogP contribution in [0.5, 0.6) is 0 Å². The topological polar surface area (TPSA) is 15.3 Å². The van der Waals surface area contributed by atoms with E-state index in [-0.39, 0.29) is 5.54 Å². The molecule has 2 unspecified atom stereocenters. The summed E-state index contributed by atoms with van der Waals surface area (Å²) in [6.07, 6.45) is 2.54. The summed E-state index contributed by atoms with van der Waals surface area (Å²) >= 11 is 2.05. The first-order chi connectivity index (χ1) is 10.2. The third-order valence-corrected chi connectivity index (χ3v) is 5.50. The molecule has 3 heteroatoms. The Morgan fingerprint density at radius 1 is 1.29 bits per heavy atom. The first-order valence-electron chi connectivity index (χ1n) is 8.32. The van der Waals surface area contributed by atoms with E-state index in [9.17, 15) is 0 Å². The van der Waals surface area contributed by atoms with Gasteiger partial charge in [0.05, 0.1) is 5.54 Å². The summed E-state index contributed by atoms with van der Waals surface area (Å²) in [5.41, 5.74) is 1.56. The van der Waals surface area contributed by atoms with E-state index in [1.807, 2.05) is 0 Å². The molecular weight excluding hydrogens is 276 g/mol. The van der Waals surface area contributed by atoms with Crippen molar-refractivity contribution in [2.24, 2.45) is 0 Å². The van der Waals surface area contributed by atoms with E-state index in [2.05, 4.69) is 73.1 Å². The first kappa shape index (κ1) is 16.9. The third kappa shape index (κ3) is 4.24. The summed E-state index contributed by atoms with van der Waals surface area (Å²) in [6, 6.07) is 11.7. The molecule has 2 atom stereocenters. The average molecular weight is 307 g/mol. The van der Waals surface area contributed by atoms with Gasteiger partial charge in [0.25, 0.3) is 0 Å². The summed E-state index contributed by atoms with van der Waals surface area (Å²) < 4.78 is 0. The van der Waals surface area contributed by atoms with Gasteiger partial charge in [0.15, 0.2) is 0 Å². The number of benzene rings is 1. The van der Waals surface area contributed by atoms with Gasteiger partial charge in [0.2, 0.25) is 0 Å². The third-order valence-electron chi connectivity index (χ3n) is 4.62. The van der Waals surface area contributed by atoms with E-state index in [0.717, 1.165) is 6.54 Å². The average Bonchev–Trinajstić information content (AvgIpc) is 2.52. The number of piperazine rings is 1. The van der Waals surface area contributed by atoms with Crippen LogP contribution in [0.1, 0.15) is 39.2 Å². The lowest BCUT2D eigenvalue weighted by molar-refractivity contribution is 0.0540. The quantitative estimate of drug-likeness (QED) is 0.773. The second kappa shape index (κ2) is 8.21. The van der Waals surface area contributed by atoms with Gasteiger partial charge in [-0.3, -0.25) is 4.90 Å². The highest BCUT2D eigenvalue weighted by Gasteiger charge is 2.38. The SMILES string of the molecule is CCCC1CN(CCSCC)C(C)(c2ccccc2)CN1. The molecule has 21 heavy (non-hydrogen) atoms. The lowest BCUT2D eigenvalue weighted by Gasteiger charge is -2.48. The number of nitrogens with one attached hydrogen (secondary N) is 1. The Morgan fingerprint density at radius 2 is 2.05 bits per heavy atom. The van der Waals surface area contributed by atoms with Crippen molar-refractivity contribution in [1.29, 1.82) is 0 Å². The van der Waals surface area contributed by atoms with Crippen LogP contribution in [0, 0.1) is 0 Å². The van der Waals surface area contributed by atoms with E-state index >= 15 is 0 Å². The van der Waals surface area contributed by atoms with Gasteiger partial charge in [0.1, 0.15) is 0 Å². The van der Waals surface area contributed by atoms with Gasteiger partial charge >= 0.3 is 0 Å². The van der Waals surface area contributed by atoms with Crippen molar-refractivity contribution in [3.05, 3.63) is 35.9 Å². The van der Waals surface area contributed by atoms with E-state index in [1.165, 1.54) is 43.0 Å². The van der Waals surface area contributed by atoms with Crippen LogP contribution in [-0.2, 0) is 5.54 Å². The van der Waals surface area contributed by atoms with Gasteiger partial charge in [-0.15, -0.1) is 0 Å². The predicted octanol–water partition coefficient (Wildman–Crippen LogP) is 3.73. The molecule has 1 aromatic rings. The molecule has 0 saturated carbocycles. The molecule has 1 N–H and O–H groups in total. The molecule has 118 valence electrons. The fourth-order valence-electron chi connectivity index (χ4n) is 3.27. The van der Waals surface area contributed by atoms with Crippen LogP contribution < -0.4 is 5.32 Å². The molecule has 0 bridgehead atoms. The largest absolute Gasteiger partial charge is 0.311 e. The molecule has 1 heterocycles. The van der Waals surface area contributed by atoms with Gasteiger partial charge in [0, 0.05) is 31.4 Å². The van der Waals surface area contributed by atoms with E-state index in [4.69, 9.17) is 0 Å². The maximum Gasteiger partial charge on any atom is 0.0558 e. The Hall–Kier alpha value is -0.510. The van der Waals surface area contributed by atoms with Crippen molar-refractivity contribution in [2.45, 2.75) is 45.2 Å². The molecular formula is C18H30N2S. The van der Waals surface area contributed by atoms with Crippen molar-refractivity contribution in [3.63, 3.8) is 0 Å². The van der Waals surface area contributed by atoms with E-state index < -0.39 is 0 Å². The Morgan fingerprint density at radius 3 is 2.71 bits per heavy atom. The zero-order valence-corrected chi connectivity index (χ0v) is 14.6. The minimum absolute atomic E-state index is 0.125. The zero-order chi connectivity index (χ0) is 15.1. The van der Waals surface area contributed by atoms with Gasteiger partial charge < -0.3 is 5.32 Å². The van der Waals surface area contributed by atoms with E-state index in [0.29, 0.717) is 6.04 Å². The summed E-state index contributed by atoms with van der Waals surface area (Å²) in [7, 11) is 0. The minimum atomic E-state index is 0.125. The van der Waals surface area contributed by atoms with Crippen molar-refractivity contribution in [3.8, 4) is 0 Å². The number of hydrogen-bond acceptors (Lipinski definition) is 3.